The third kappa shape index (κ3) is 6.40. The van der Waals surface area contributed by atoms with Crippen molar-refractivity contribution in [1.29, 1.82) is 0 Å². The molecule has 156 valence electrons. The average molecular weight is 411 g/mol. The number of guanidine groups is 1. The van der Waals surface area contributed by atoms with E-state index in [9.17, 15) is 13.2 Å². The number of hydrogen-bond acceptors (Lipinski definition) is 5. The zero-order valence-electron chi connectivity index (χ0n) is 16.6. The molecule has 8 nitrogen and oxygen atoms in total. The maximum Gasteiger partial charge on any atom is 0.409 e. The van der Waals surface area contributed by atoms with Crippen LogP contribution in [0.3, 0.4) is 0 Å². The standard InChI is InChI=1S/C19H30N4O4S/c1-3-20-18(22-12-14-23(15-13-22)19(24)27-4-2)21-11-8-16-28(25,26)17-9-6-5-7-10-17/h5-7,9-10H,3-4,8,11-16H2,1-2H3,(H,20,21). The molecule has 2 rings (SSSR count). The Morgan fingerprint density at radius 3 is 2.36 bits per heavy atom. The first kappa shape index (κ1) is 22.0. The molecule has 1 aromatic carbocycles. The minimum atomic E-state index is -3.28. The molecule has 0 aliphatic carbocycles. The number of carbonyl (C=O) groups excluding carboxylic acids is 1. The molecule has 1 fully saturated rings. The topological polar surface area (TPSA) is 91.3 Å². The predicted molar refractivity (Wildman–Crippen MR) is 109 cm³/mol. The van der Waals surface area contributed by atoms with E-state index in [2.05, 4.69) is 15.2 Å². The van der Waals surface area contributed by atoms with Gasteiger partial charge in [0.2, 0.25) is 0 Å². The van der Waals surface area contributed by atoms with E-state index in [-0.39, 0.29) is 11.8 Å². The van der Waals surface area contributed by atoms with Crippen molar-refractivity contribution < 1.29 is 17.9 Å². The summed E-state index contributed by atoms with van der Waals surface area (Å²) in [5.41, 5.74) is 0. The molecule has 0 bridgehead atoms. The van der Waals surface area contributed by atoms with Crippen LogP contribution in [-0.4, -0.2) is 81.9 Å². The predicted octanol–water partition coefficient (Wildman–Crippen LogP) is 1.59. The molecule has 1 heterocycles. The molecular formula is C19H30N4O4S. The number of aliphatic imine (C=N–C) groups is 1. The Labute approximate surface area is 167 Å². The molecule has 1 aliphatic heterocycles. The highest BCUT2D eigenvalue weighted by Crippen LogP contribution is 2.11. The number of benzene rings is 1. The fourth-order valence-corrected chi connectivity index (χ4v) is 4.24. The first-order valence-electron chi connectivity index (χ1n) is 9.70. The second-order valence-electron chi connectivity index (χ2n) is 6.39. The summed E-state index contributed by atoms with van der Waals surface area (Å²) in [4.78, 5) is 20.5. The van der Waals surface area contributed by atoms with Gasteiger partial charge < -0.3 is 19.9 Å². The van der Waals surface area contributed by atoms with E-state index in [0.717, 1.165) is 12.5 Å². The van der Waals surface area contributed by atoms with Crippen molar-refractivity contribution >= 4 is 21.9 Å². The quantitative estimate of drug-likeness (QED) is 0.417. The van der Waals surface area contributed by atoms with Gasteiger partial charge in [0.05, 0.1) is 17.3 Å². The normalized spacial score (nSPS) is 15.4. The Balaban J connectivity index is 1.86. The SMILES string of the molecule is CCNC(=NCCCS(=O)(=O)c1ccccc1)N1CCN(C(=O)OCC)CC1. The molecular weight excluding hydrogens is 380 g/mol. The van der Waals surface area contributed by atoms with Crippen LogP contribution >= 0.6 is 0 Å². The summed E-state index contributed by atoms with van der Waals surface area (Å²) >= 11 is 0. The Morgan fingerprint density at radius 1 is 1.11 bits per heavy atom. The van der Waals surface area contributed by atoms with Crippen LogP contribution in [-0.2, 0) is 14.6 Å². The van der Waals surface area contributed by atoms with Crippen LogP contribution in [0.1, 0.15) is 20.3 Å². The lowest BCUT2D eigenvalue weighted by atomic mass is 10.3. The van der Waals surface area contributed by atoms with Gasteiger partial charge in [-0.1, -0.05) is 18.2 Å². The molecule has 1 amide bonds. The van der Waals surface area contributed by atoms with Gasteiger partial charge in [0.1, 0.15) is 0 Å². The van der Waals surface area contributed by atoms with Crippen LogP contribution in [0.25, 0.3) is 0 Å². The zero-order chi connectivity index (χ0) is 20.4. The van der Waals surface area contributed by atoms with Crippen molar-refractivity contribution in [2.24, 2.45) is 4.99 Å². The van der Waals surface area contributed by atoms with Crippen molar-refractivity contribution in [3.05, 3.63) is 30.3 Å². The number of carbonyl (C=O) groups is 1. The number of rotatable bonds is 7. The Hall–Kier alpha value is -2.29. The fourth-order valence-electron chi connectivity index (χ4n) is 2.93. The van der Waals surface area contributed by atoms with Gasteiger partial charge in [-0.05, 0) is 32.4 Å². The lowest BCUT2D eigenvalue weighted by molar-refractivity contribution is 0.0914. The number of nitrogens with one attached hydrogen (secondary N) is 1. The van der Waals surface area contributed by atoms with Gasteiger partial charge in [0.15, 0.2) is 15.8 Å². The van der Waals surface area contributed by atoms with Gasteiger partial charge in [0, 0.05) is 39.3 Å². The number of sulfone groups is 1. The van der Waals surface area contributed by atoms with E-state index >= 15 is 0 Å². The molecule has 1 aromatic rings. The maximum absolute atomic E-state index is 12.3. The third-order valence-electron chi connectivity index (χ3n) is 4.38. The van der Waals surface area contributed by atoms with E-state index in [0.29, 0.717) is 50.6 Å². The Bertz CT molecular complexity index is 744. The summed E-state index contributed by atoms with van der Waals surface area (Å²) in [6.45, 7) is 7.77. The highest BCUT2D eigenvalue weighted by Gasteiger charge is 2.23. The number of nitrogens with zero attached hydrogens (tertiary/aromatic N) is 3. The molecule has 0 spiro atoms. The summed E-state index contributed by atoms with van der Waals surface area (Å²) < 4.78 is 29.7. The van der Waals surface area contributed by atoms with Crippen LogP contribution in [0.4, 0.5) is 4.79 Å². The second-order valence-corrected chi connectivity index (χ2v) is 8.50. The van der Waals surface area contributed by atoms with Crippen LogP contribution in [0, 0.1) is 0 Å². The number of piperazine rings is 1. The van der Waals surface area contributed by atoms with Crippen molar-refractivity contribution in [2.45, 2.75) is 25.2 Å². The van der Waals surface area contributed by atoms with Gasteiger partial charge in [-0.3, -0.25) is 4.99 Å². The molecule has 0 unspecified atom stereocenters. The van der Waals surface area contributed by atoms with Gasteiger partial charge >= 0.3 is 6.09 Å². The van der Waals surface area contributed by atoms with Gasteiger partial charge in [-0.2, -0.15) is 0 Å². The largest absolute Gasteiger partial charge is 0.450 e. The lowest BCUT2D eigenvalue weighted by Crippen LogP contribution is -2.53. The maximum atomic E-state index is 12.3. The van der Waals surface area contributed by atoms with Crippen LogP contribution in [0.2, 0.25) is 0 Å². The Morgan fingerprint density at radius 2 is 1.75 bits per heavy atom. The second kappa shape index (κ2) is 10.9. The molecule has 28 heavy (non-hydrogen) atoms. The average Bonchev–Trinajstić information content (AvgIpc) is 2.71. The van der Waals surface area contributed by atoms with Crippen LogP contribution in [0.5, 0.6) is 0 Å². The van der Waals surface area contributed by atoms with E-state index in [1.807, 2.05) is 6.92 Å². The molecule has 1 aliphatic rings. The summed E-state index contributed by atoms with van der Waals surface area (Å²) in [5, 5.41) is 3.24. The smallest absolute Gasteiger partial charge is 0.409 e. The fraction of sp³-hybridized carbons (Fsp3) is 0.579. The number of amides is 1. The molecule has 0 saturated carbocycles. The minimum absolute atomic E-state index is 0.0660. The first-order valence-corrected chi connectivity index (χ1v) is 11.4. The van der Waals surface area contributed by atoms with Gasteiger partial charge in [-0.15, -0.1) is 0 Å². The van der Waals surface area contributed by atoms with E-state index in [1.165, 1.54) is 0 Å². The Kier molecular flexibility index (Phi) is 8.56. The van der Waals surface area contributed by atoms with E-state index in [1.54, 1.807) is 42.2 Å². The third-order valence-corrected chi connectivity index (χ3v) is 6.19. The van der Waals surface area contributed by atoms with Crippen LogP contribution < -0.4 is 5.32 Å². The summed E-state index contributed by atoms with van der Waals surface area (Å²) in [5.74, 6) is 0.819. The summed E-state index contributed by atoms with van der Waals surface area (Å²) in [7, 11) is -3.28. The van der Waals surface area contributed by atoms with Crippen molar-refractivity contribution in [3.8, 4) is 0 Å². The molecule has 0 radical (unpaired) electrons. The summed E-state index contributed by atoms with van der Waals surface area (Å²) in [6, 6.07) is 8.49. The number of hydrogen-bond donors (Lipinski definition) is 1. The zero-order valence-corrected chi connectivity index (χ0v) is 17.5. The highest BCUT2D eigenvalue weighted by molar-refractivity contribution is 7.91. The van der Waals surface area contributed by atoms with Crippen molar-refractivity contribution in [1.82, 2.24) is 15.1 Å². The van der Waals surface area contributed by atoms with Gasteiger partial charge in [0.25, 0.3) is 0 Å². The monoisotopic (exact) mass is 410 g/mol. The molecule has 1 saturated heterocycles. The molecule has 1 N–H and O–H groups in total. The molecule has 9 heteroatoms. The van der Waals surface area contributed by atoms with Crippen molar-refractivity contribution in [3.63, 3.8) is 0 Å². The minimum Gasteiger partial charge on any atom is -0.450 e. The van der Waals surface area contributed by atoms with Gasteiger partial charge in [-0.25, -0.2) is 13.2 Å². The summed E-state index contributed by atoms with van der Waals surface area (Å²) in [6.07, 6.45) is 0.171. The van der Waals surface area contributed by atoms with Crippen molar-refractivity contribution in [2.75, 3.05) is 51.6 Å². The van der Waals surface area contributed by atoms with E-state index in [4.69, 9.17) is 4.74 Å². The highest BCUT2D eigenvalue weighted by atomic mass is 32.2. The molecule has 0 aromatic heterocycles. The lowest BCUT2D eigenvalue weighted by Gasteiger charge is -2.35. The van der Waals surface area contributed by atoms with E-state index < -0.39 is 9.84 Å². The van der Waals surface area contributed by atoms with Crippen LogP contribution in [0.15, 0.2) is 40.2 Å². The molecule has 0 atom stereocenters. The first-order chi connectivity index (χ1) is 13.5. The number of ether oxygens (including phenoxy) is 1.